The van der Waals surface area contributed by atoms with Crippen LogP contribution in [0.3, 0.4) is 0 Å². The van der Waals surface area contributed by atoms with Crippen LogP contribution in [0.5, 0.6) is 0 Å². The number of amides is 5. The average Bonchev–Trinajstić information content (AvgIpc) is 3.13. The van der Waals surface area contributed by atoms with E-state index >= 15 is 0 Å². The van der Waals surface area contributed by atoms with Gasteiger partial charge >= 0.3 is 6.03 Å². The van der Waals surface area contributed by atoms with E-state index in [0.717, 1.165) is 11.1 Å². The van der Waals surface area contributed by atoms with Crippen molar-refractivity contribution in [3.63, 3.8) is 0 Å². The fraction of sp³-hybridized carbons (Fsp3) is 0.333. The molecular formula is C24H27N3O4. The molecule has 0 spiro atoms. The Morgan fingerprint density at radius 2 is 1.39 bits per heavy atom. The molecule has 7 heteroatoms. The van der Waals surface area contributed by atoms with Crippen molar-refractivity contribution < 1.29 is 19.2 Å². The molecule has 0 radical (unpaired) electrons. The van der Waals surface area contributed by atoms with E-state index in [1.54, 1.807) is 14.1 Å². The lowest BCUT2D eigenvalue weighted by molar-refractivity contribution is -0.138. The van der Waals surface area contributed by atoms with E-state index in [9.17, 15) is 19.2 Å². The van der Waals surface area contributed by atoms with Crippen LogP contribution < -0.4 is 5.32 Å². The molecule has 5 amide bonds. The van der Waals surface area contributed by atoms with Gasteiger partial charge in [-0.2, -0.15) is 0 Å². The molecule has 4 rings (SSSR count). The summed E-state index contributed by atoms with van der Waals surface area (Å²) in [6.45, 7) is 3.73. The molecule has 2 unspecified atom stereocenters. The number of nitrogens with zero attached hydrogens (tertiary/aromatic N) is 2. The standard InChI is InChI=1S/C12H14N2O2.C12H13NO2/c1-3-12(9-7-5-4-6-8-9)10(15)13-11(16)14(12)2;1-12(9-6-4-3-5-7-9)8-10(14)13(2)11(12)15/h4-8H,3H2,1-2H3,(H,13,15,16);3-7H,8H2,1-2H3. The van der Waals surface area contributed by atoms with Crippen molar-refractivity contribution in [1.82, 2.24) is 15.1 Å². The summed E-state index contributed by atoms with van der Waals surface area (Å²) in [6.07, 6.45) is 0.831. The lowest BCUT2D eigenvalue weighted by atomic mass is 9.81. The van der Waals surface area contributed by atoms with Crippen LogP contribution in [0.4, 0.5) is 4.79 Å². The monoisotopic (exact) mass is 421 g/mol. The topological polar surface area (TPSA) is 86.8 Å². The highest BCUT2D eigenvalue weighted by Gasteiger charge is 2.51. The summed E-state index contributed by atoms with van der Waals surface area (Å²) in [5.41, 5.74) is 0.238. The highest BCUT2D eigenvalue weighted by atomic mass is 16.2. The van der Waals surface area contributed by atoms with Crippen LogP contribution in [0.15, 0.2) is 60.7 Å². The number of benzene rings is 2. The third-order valence-electron chi connectivity index (χ3n) is 6.30. The third-order valence-corrected chi connectivity index (χ3v) is 6.30. The second-order valence-electron chi connectivity index (χ2n) is 8.03. The number of urea groups is 1. The first-order valence-electron chi connectivity index (χ1n) is 10.2. The van der Waals surface area contributed by atoms with E-state index in [1.807, 2.05) is 74.5 Å². The number of hydrogen-bond donors (Lipinski definition) is 1. The van der Waals surface area contributed by atoms with Crippen molar-refractivity contribution in [2.24, 2.45) is 0 Å². The molecule has 162 valence electrons. The Labute approximate surface area is 182 Å². The molecule has 0 aliphatic carbocycles. The summed E-state index contributed by atoms with van der Waals surface area (Å²) in [6, 6.07) is 18.5. The fourth-order valence-electron chi connectivity index (χ4n) is 4.26. The molecule has 7 nitrogen and oxygen atoms in total. The van der Waals surface area contributed by atoms with Gasteiger partial charge in [0.2, 0.25) is 11.8 Å². The van der Waals surface area contributed by atoms with E-state index in [0.29, 0.717) is 6.42 Å². The predicted molar refractivity (Wildman–Crippen MR) is 116 cm³/mol. The smallest absolute Gasteiger partial charge is 0.309 e. The van der Waals surface area contributed by atoms with Crippen molar-refractivity contribution in [3.8, 4) is 0 Å². The van der Waals surface area contributed by atoms with Gasteiger partial charge in [0.25, 0.3) is 5.91 Å². The maximum Gasteiger partial charge on any atom is 0.325 e. The first kappa shape index (κ1) is 22.2. The van der Waals surface area contributed by atoms with Crippen molar-refractivity contribution in [2.45, 2.75) is 37.6 Å². The van der Waals surface area contributed by atoms with Crippen LogP contribution >= 0.6 is 0 Å². The molecule has 2 atom stereocenters. The normalized spacial score (nSPS) is 25.4. The minimum atomic E-state index is -0.849. The summed E-state index contributed by atoms with van der Waals surface area (Å²) in [5.74, 6) is -0.459. The molecule has 2 fully saturated rings. The van der Waals surface area contributed by atoms with E-state index < -0.39 is 11.0 Å². The van der Waals surface area contributed by atoms with Crippen LogP contribution in [-0.2, 0) is 25.3 Å². The number of carbonyl (C=O) groups is 4. The number of carbonyl (C=O) groups excluding carboxylic acids is 4. The summed E-state index contributed by atoms with van der Waals surface area (Å²) in [7, 11) is 3.19. The average molecular weight is 421 g/mol. The molecule has 0 saturated carbocycles. The minimum Gasteiger partial charge on any atom is -0.309 e. The zero-order valence-electron chi connectivity index (χ0n) is 18.2. The molecule has 2 aliphatic heterocycles. The Kier molecular flexibility index (Phi) is 5.97. The maximum absolute atomic E-state index is 12.0. The van der Waals surface area contributed by atoms with Crippen molar-refractivity contribution in [2.75, 3.05) is 14.1 Å². The molecule has 1 N–H and O–H groups in total. The van der Waals surface area contributed by atoms with Crippen molar-refractivity contribution in [3.05, 3.63) is 71.8 Å². The second-order valence-corrected chi connectivity index (χ2v) is 8.03. The highest BCUT2D eigenvalue weighted by Crippen LogP contribution is 2.36. The lowest BCUT2D eigenvalue weighted by Crippen LogP contribution is -2.44. The van der Waals surface area contributed by atoms with Gasteiger partial charge < -0.3 is 4.90 Å². The van der Waals surface area contributed by atoms with E-state index in [1.165, 1.54) is 9.80 Å². The first-order valence-corrected chi connectivity index (χ1v) is 10.2. The minimum absolute atomic E-state index is 0.105. The zero-order chi connectivity index (χ0) is 22.8. The Bertz CT molecular complexity index is 1010. The molecule has 2 aliphatic rings. The van der Waals surface area contributed by atoms with E-state index in [2.05, 4.69) is 5.32 Å². The van der Waals surface area contributed by atoms with E-state index in [4.69, 9.17) is 0 Å². The van der Waals surface area contributed by atoms with Crippen LogP contribution in [-0.4, -0.2) is 47.6 Å². The molecule has 0 aromatic heterocycles. The van der Waals surface area contributed by atoms with Crippen LogP contribution in [0, 0.1) is 0 Å². The summed E-state index contributed by atoms with van der Waals surface area (Å²) < 4.78 is 0. The molecule has 2 saturated heterocycles. The Morgan fingerprint density at radius 1 is 0.871 bits per heavy atom. The summed E-state index contributed by atoms with van der Waals surface area (Å²) >= 11 is 0. The summed E-state index contributed by atoms with van der Waals surface area (Å²) in [4.78, 5) is 49.6. The fourth-order valence-corrected chi connectivity index (χ4v) is 4.26. The van der Waals surface area contributed by atoms with E-state index in [-0.39, 0.29) is 30.2 Å². The molecule has 0 bridgehead atoms. The van der Waals surface area contributed by atoms with Gasteiger partial charge in [-0.3, -0.25) is 24.6 Å². The van der Waals surface area contributed by atoms with Gasteiger partial charge in [0.05, 0.1) is 5.41 Å². The number of likely N-dealkylation sites (tertiary alicyclic amines) is 1. The second kappa shape index (κ2) is 8.34. The van der Waals surface area contributed by atoms with Crippen LogP contribution in [0.2, 0.25) is 0 Å². The molecular weight excluding hydrogens is 394 g/mol. The largest absolute Gasteiger partial charge is 0.325 e. The number of imide groups is 2. The quantitative estimate of drug-likeness (QED) is 0.610. The number of rotatable bonds is 3. The van der Waals surface area contributed by atoms with Gasteiger partial charge in [-0.05, 0) is 24.5 Å². The Morgan fingerprint density at radius 3 is 1.77 bits per heavy atom. The van der Waals surface area contributed by atoms with Crippen molar-refractivity contribution in [1.29, 1.82) is 0 Å². The predicted octanol–water partition coefficient (Wildman–Crippen LogP) is 2.81. The van der Waals surface area contributed by atoms with Gasteiger partial charge in [-0.25, -0.2) is 4.79 Å². The van der Waals surface area contributed by atoms with Gasteiger partial charge in [-0.15, -0.1) is 0 Å². The molecule has 31 heavy (non-hydrogen) atoms. The zero-order valence-corrected chi connectivity index (χ0v) is 18.2. The lowest BCUT2D eigenvalue weighted by Gasteiger charge is -2.32. The van der Waals surface area contributed by atoms with Gasteiger partial charge in [-0.1, -0.05) is 67.6 Å². The third kappa shape index (κ3) is 3.60. The summed E-state index contributed by atoms with van der Waals surface area (Å²) in [5, 5.41) is 2.35. The van der Waals surface area contributed by atoms with Crippen molar-refractivity contribution >= 4 is 23.8 Å². The number of hydrogen-bond acceptors (Lipinski definition) is 4. The number of nitrogens with one attached hydrogen (secondary N) is 1. The molecule has 2 aromatic rings. The first-order chi connectivity index (χ1) is 14.7. The molecule has 2 aromatic carbocycles. The Balaban J connectivity index is 0.000000176. The van der Waals surface area contributed by atoms with Crippen LogP contribution in [0.1, 0.15) is 37.8 Å². The van der Waals surface area contributed by atoms with Crippen LogP contribution in [0.25, 0.3) is 0 Å². The Hall–Kier alpha value is -3.48. The van der Waals surface area contributed by atoms with Gasteiger partial charge in [0.1, 0.15) is 5.54 Å². The number of likely N-dealkylation sites (N-methyl/N-ethyl adjacent to an activating group) is 2. The van der Waals surface area contributed by atoms with Gasteiger partial charge in [0, 0.05) is 20.5 Å². The molecule has 2 heterocycles. The SMILES string of the molecule is CCC1(c2ccccc2)C(=O)NC(=O)N1C.CN1C(=O)CC(C)(c2ccccc2)C1=O. The highest BCUT2D eigenvalue weighted by molar-refractivity contribution is 6.08. The van der Waals surface area contributed by atoms with Gasteiger partial charge in [0.15, 0.2) is 0 Å². The maximum atomic E-state index is 12.0.